The van der Waals surface area contributed by atoms with Gasteiger partial charge >= 0.3 is 0 Å². The van der Waals surface area contributed by atoms with Crippen LogP contribution in [0.4, 0.5) is 5.69 Å². The van der Waals surface area contributed by atoms with Gasteiger partial charge in [-0.1, -0.05) is 30.3 Å². The quantitative estimate of drug-likeness (QED) is 0.713. The maximum absolute atomic E-state index is 12.8. The van der Waals surface area contributed by atoms with Crippen LogP contribution in [0.3, 0.4) is 0 Å². The van der Waals surface area contributed by atoms with Gasteiger partial charge in [0, 0.05) is 36.4 Å². The summed E-state index contributed by atoms with van der Waals surface area (Å²) in [5.74, 6) is 0.134. The first-order valence-corrected chi connectivity index (χ1v) is 8.00. The van der Waals surface area contributed by atoms with E-state index in [1.165, 1.54) is 5.56 Å². The molecule has 3 nitrogen and oxygen atoms in total. The van der Waals surface area contributed by atoms with Crippen LogP contribution in [0, 0.1) is 6.92 Å². The normalized spacial score (nSPS) is 10.9. The number of anilines is 1. The number of likely N-dealkylation sites (N-methyl/N-ethyl adjacent to an activating group) is 1. The zero-order chi connectivity index (χ0) is 16.4. The van der Waals surface area contributed by atoms with Crippen LogP contribution in [-0.2, 0) is 18.3 Å². The molecule has 1 amide bonds. The van der Waals surface area contributed by atoms with Gasteiger partial charge in [0.15, 0.2) is 0 Å². The number of benzene rings is 2. The molecule has 3 aromatic rings. The topological polar surface area (TPSA) is 25.2 Å². The monoisotopic (exact) mass is 306 g/mol. The number of nitrogens with zero attached hydrogens (tertiary/aromatic N) is 2. The largest absolute Gasteiger partial charge is 0.350 e. The Morgan fingerprint density at radius 3 is 2.65 bits per heavy atom. The minimum Gasteiger partial charge on any atom is -0.350 e. The summed E-state index contributed by atoms with van der Waals surface area (Å²) < 4.78 is 2.08. The van der Waals surface area contributed by atoms with E-state index in [1.807, 2.05) is 56.1 Å². The number of hydrogen-bond donors (Lipinski definition) is 0. The predicted octanol–water partition coefficient (Wildman–Crippen LogP) is 4.08. The second-order valence-corrected chi connectivity index (χ2v) is 5.94. The first-order valence-electron chi connectivity index (χ1n) is 8.00. The highest BCUT2D eigenvalue weighted by Gasteiger charge is 2.17. The number of aryl methyl sites for hydroxylation is 2. The summed E-state index contributed by atoms with van der Waals surface area (Å²) in [6.45, 7) is 4.74. The molecule has 0 aliphatic carbocycles. The van der Waals surface area contributed by atoms with Gasteiger partial charge in [-0.15, -0.1) is 0 Å². The van der Waals surface area contributed by atoms with Crippen molar-refractivity contribution in [2.24, 2.45) is 7.05 Å². The van der Waals surface area contributed by atoms with E-state index >= 15 is 0 Å². The van der Waals surface area contributed by atoms with E-state index in [0.717, 1.165) is 22.2 Å². The van der Waals surface area contributed by atoms with Gasteiger partial charge in [-0.2, -0.15) is 0 Å². The second-order valence-electron chi connectivity index (χ2n) is 5.94. The van der Waals surface area contributed by atoms with E-state index in [9.17, 15) is 4.79 Å². The van der Waals surface area contributed by atoms with Gasteiger partial charge in [0.25, 0.3) is 0 Å². The lowest BCUT2D eigenvalue weighted by molar-refractivity contribution is -0.117. The van der Waals surface area contributed by atoms with Crippen LogP contribution >= 0.6 is 0 Å². The third kappa shape index (κ3) is 3.00. The summed E-state index contributed by atoms with van der Waals surface area (Å²) in [7, 11) is 2.02. The van der Waals surface area contributed by atoms with Crippen LogP contribution in [0.25, 0.3) is 10.9 Å². The number of rotatable bonds is 4. The molecule has 0 aliphatic heterocycles. The molecule has 1 heterocycles. The number of carbonyl (C=O) groups is 1. The molecule has 3 rings (SSSR count). The molecule has 0 atom stereocenters. The van der Waals surface area contributed by atoms with E-state index in [2.05, 4.69) is 29.0 Å². The van der Waals surface area contributed by atoms with E-state index in [-0.39, 0.29) is 5.91 Å². The lowest BCUT2D eigenvalue weighted by atomic mass is 10.1. The summed E-state index contributed by atoms with van der Waals surface area (Å²) in [6, 6.07) is 16.3. The molecule has 0 aliphatic rings. The maximum Gasteiger partial charge on any atom is 0.231 e. The summed E-state index contributed by atoms with van der Waals surface area (Å²) in [5, 5.41) is 1.16. The molecule has 0 spiro atoms. The van der Waals surface area contributed by atoms with Crippen molar-refractivity contribution < 1.29 is 4.79 Å². The Labute approximate surface area is 137 Å². The van der Waals surface area contributed by atoms with Gasteiger partial charge in [-0.05, 0) is 43.2 Å². The van der Waals surface area contributed by atoms with Gasteiger partial charge in [0.2, 0.25) is 5.91 Å². The molecule has 23 heavy (non-hydrogen) atoms. The number of hydrogen-bond acceptors (Lipinski definition) is 1. The van der Waals surface area contributed by atoms with Crippen molar-refractivity contribution in [3.8, 4) is 0 Å². The second kappa shape index (κ2) is 6.29. The van der Waals surface area contributed by atoms with Gasteiger partial charge in [0.05, 0.1) is 6.42 Å². The molecule has 0 saturated carbocycles. The Hall–Kier alpha value is -2.55. The van der Waals surface area contributed by atoms with Crippen molar-refractivity contribution in [2.45, 2.75) is 20.3 Å². The predicted molar refractivity (Wildman–Crippen MR) is 95.8 cm³/mol. The molecule has 3 heteroatoms. The highest BCUT2D eigenvalue weighted by atomic mass is 16.2. The maximum atomic E-state index is 12.8. The Kier molecular flexibility index (Phi) is 4.20. The average molecular weight is 306 g/mol. The molecule has 1 aromatic heterocycles. The molecule has 0 unspecified atom stereocenters. The molecule has 0 radical (unpaired) electrons. The lowest BCUT2D eigenvalue weighted by Gasteiger charge is -2.21. The van der Waals surface area contributed by atoms with Crippen molar-refractivity contribution >= 4 is 22.5 Å². The fourth-order valence-electron chi connectivity index (χ4n) is 3.12. The molecule has 0 bridgehead atoms. The molecular weight excluding hydrogens is 284 g/mol. The molecule has 0 N–H and O–H groups in total. The number of fused-ring (bicyclic) bond motifs is 1. The van der Waals surface area contributed by atoms with Crippen molar-refractivity contribution in [2.75, 3.05) is 11.4 Å². The zero-order valence-electron chi connectivity index (χ0n) is 13.9. The van der Waals surface area contributed by atoms with Gasteiger partial charge < -0.3 is 9.47 Å². The Bertz CT molecular complexity index is 848. The number of carbonyl (C=O) groups excluding carboxylic acids is 1. The molecular formula is C20H22N2O. The fraction of sp³-hybridized carbons (Fsp3) is 0.250. The highest BCUT2D eigenvalue weighted by Crippen LogP contribution is 2.23. The third-order valence-corrected chi connectivity index (χ3v) is 4.25. The fourth-order valence-corrected chi connectivity index (χ4v) is 3.12. The van der Waals surface area contributed by atoms with Crippen molar-refractivity contribution in [1.82, 2.24) is 4.57 Å². The minimum atomic E-state index is 0.134. The number of para-hydroxylation sites is 1. The molecule has 0 fully saturated rings. The van der Waals surface area contributed by atoms with Crippen molar-refractivity contribution in [3.05, 3.63) is 65.9 Å². The lowest BCUT2D eigenvalue weighted by Crippen LogP contribution is -2.32. The molecule has 2 aromatic carbocycles. The van der Waals surface area contributed by atoms with Crippen molar-refractivity contribution in [3.63, 3.8) is 0 Å². The summed E-state index contributed by atoms with van der Waals surface area (Å²) in [4.78, 5) is 14.7. The summed E-state index contributed by atoms with van der Waals surface area (Å²) in [5.41, 5.74) is 4.38. The van der Waals surface area contributed by atoms with Crippen LogP contribution in [-0.4, -0.2) is 17.0 Å². The van der Waals surface area contributed by atoms with Gasteiger partial charge in [-0.3, -0.25) is 4.79 Å². The standard InChI is InChI=1S/C20H22N2O/c1-4-22(17-9-7-8-15(2)12-17)20(23)13-16-14-21(3)19-11-6-5-10-18(16)19/h5-12,14H,4,13H2,1-3H3. The van der Waals surface area contributed by atoms with E-state index in [4.69, 9.17) is 0 Å². The Balaban J connectivity index is 1.90. The first-order chi connectivity index (χ1) is 11.1. The van der Waals surface area contributed by atoms with Crippen LogP contribution < -0.4 is 4.90 Å². The molecule has 118 valence electrons. The average Bonchev–Trinajstić information content (AvgIpc) is 2.85. The van der Waals surface area contributed by atoms with Gasteiger partial charge in [-0.25, -0.2) is 0 Å². The third-order valence-electron chi connectivity index (χ3n) is 4.25. The molecule has 0 saturated heterocycles. The smallest absolute Gasteiger partial charge is 0.231 e. The van der Waals surface area contributed by atoms with Crippen molar-refractivity contribution in [1.29, 1.82) is 0 Å². The first kappa shape index (κ1) is 15.3. The van der Waals surface area contributed by atoms with Crippen LogP contribution in [0.2, 0.25) is 0 Å². The Morgan fingerprint density at radius 2 is 1.91 bits per heavy atom. The zero-order valence-corrected chi connectivity index (χ0v) is 13.9. The van der Waals surface area contributed by atoms with E-state index in [1.54, 1.807) is 0 Å². The van der Waals surface area contributed by atoms with E-state index < -0.39 is 0 Å². The summed E-state index contributed by atoms with van der Waals surface area (Å²) >= 11 is 0. The number of aromatic nitrogens is 1. The Morgan fingerprint density at radius 1 is 1.13 bits per heavy atom. The van der Waals surface area contributed by atoms with Crippen LogP contribution in [0.5, 0.6) is 0 Å². The van der Waals surface area contributed by atoms with Crippen LogP contribution in [0.15, 0.2) is 54.7 Å². The van der Waals surface area contributed by atoms with E-state index in [0.29, 0.717) is 13.0 Å². The minimum absolute atomic E-state index is 0.134. The number of amides is 1. The van der Waals surface area contributed by atoms with Crippen LogP contribution in [0.1, 0.15) is 18.1 Å². The highest BCUT2D eigenvalue weighted by molar-refractivity contribution is 5.97. The van der Waals surface area contributed by atoms with Gasteiger partial charge in [0.1, 0.15) is 0 Å². The SMILES string of the molecule is CCN(C(=O)Cc1cn(C)c2ccccc12)c1cccc(C)c1. The summed E-state index contributed by atoms with van der Waals surface area (Å²) in [6.07, 6.45) is 2.48.